The highest BCUT2D eigenvalue weighted by Gasteiger charge is 2.28. The van der Waals surface area contributed by atoms with Crippen molar-refractivity contribution >= 4 is 29.1 Å². The van der Waals surface area contributed by atoms with Gasteiger partial charge in [0.25, 0.3) is 6.43 Å². The van der Waals surface area contributed by atoms with Crippen LogP contribution in [0.4, 0.5) is 20.4 Å². The number of anilines is 2. The average Bonchev–Trinajstić information content (AvgIpc) is 2.77. The van der Waals surface area contributed by atoms with Gasteiger partial charge in [-0.1, -0.05) is 19.3 Å². The van der Waals surface area contributed by atoms with E-state index in [0.29, 0.717) is 37.3 Å². The molecule has 1 unspecified atom stereocenters. The van der Waals surface area contributed by atoms with Crippen molar-refractivity contribution in [1.29, 1.82) is 16.2 Å². The summed E-state index contributed by atoms with van der Waals surface area (Å²) < 4.78 is 30.8. The number of nitrogens with zero attached hydrogens (tertiary/aromatic N) is 3. The predicted molar refractivity (Wildman–Crippen MR) is 128 cm³/mol. The molecular weight excluding hydrogens is 428 g/mol. The molecule has 2 saturated heterocycles. The number of rotatable bonds is 7. The molecule has 0 radical (unpaired) electrons. The molecule has 1 aromatic heterocycles. The summed E-state index contributed by atoms with van der Waals surface area (Å²) >= 11 is 0. The van der Waals surface area contributed by atoms with E-state index in [4.69, 9.17) is 21.0 Å². The molecule has 182 valence electrons. The van der Waals surface area contributed by atoms with E-state index in [1.54, 1.807) is 18.0 Å². The summed E-state index contributed by atoms with van der Waals surface area (Å²) in [5, 5.41) is 27.9. The van der Waals surface area contributed by atoms with Crippen molar-refractivity contribution in [2.45, 2.75) is 51.4 Å². The zero-order valence-electron chi connectivity index (χ0n) is 19.3. The number of hydrogen-bond acceptors (Lipinski definition) is 8. The van der Waals surface area contributed by atoms with Gasteiger partial charge in [0, 0.05) is 38.2 Å². The lowest BCUT2D eigenvalue weighted by Gasteiger charge is -2.32. The molecule has 0 spiro atoms. The van der Waals surface area contributed by atoms with Gasteiger partial charge in [-0.05, 0) is 44.4 Å². The monoisotopic (exact) mass is 463 g/mol. The predicted octanol–water partition coefficient (Wildman–Crippen LogP) is 4.21. The zero-order valence-corrected chi connectivity index (χ0v) is 19.3. The number of aromatic nitrogens is 1. The van der Waals surface area contributed by atoms with E-state index in [2.05, 4.69) is 15.2 Å². The van der Waals surface area contributed by atoms with Crippen LogP contribution in [0.15, 0.2) is 12.1 Å². The van der Waals surface area contributed by atoms with Gasteiger partial charge in [-0.3, -0.25) is 21.1 Å². The maximum absolute atomic E-state index is 12.7. The van der Waals surface area contributed by atoms with Crippen molar-refractivity contribution in [3.05, 3.63) is 17.7 Å². The Balaban J connectivity index is 1.64. The maximum atomic E-state index is 12.7. The van der Waals surface area contributed by atoms with Gasteiger partial charge < -0.3 is 15.0 Å². The van der Waals surface area contributed by atoms with Gasteiger partial charge in [-0.15, -0.1) is 0 Å². The molecule has 1 aromatic rings. The molecule has 0 bridgehead atoms. The van der Waals surface area contributed by atoms with Crippen LogP contribution >= 0.6 is 0 Å². The Morgan fingerprint density at radius 1 is 1.09 bits per heavy atom. The number of halogens is 2. The fourth-order valence-electron chi connectivity index (χ4n) is 4.49. The van der Waals surface area contributed by atoms with Crippen LogP contribution in [0.3, 0.4) is 0 Å². The zero-order chi connectivity index (χ0) is 23.8. The first-order chi connectivity index (χ1) is 15.9. The van der Waals surface area contributed by atoms with Gasteiger partial charge in [0.1, 0.15) is 17.3 Å². The fraction of sp³-hybridized carbons (Fsp3) is 0.652. The topological polar surface area (TPSA) is 112 Å². The lowest BCUT2D eigenvalue weighted by atomic mass is 9.98. The quantitative estimate of drug-likeness (QED) is 0.357. The molecule has 3 heterocycles. The summed E-state index contributed by atoms with van der Waals surface area (Å²) in [6, 6.07) is 3.63. The largest absolute Gasteiger partial charge is 0.423 e. The van der Waals surface area contributed by atoms with Gasteiger partial charge in [-0.25, -0.2) is 13.8 Å². The molecule has 3 rings (SSSR count). The molecule has 1 atom stereocenters. The third kappa shape index (κ3) is 6.93. The third-order valence-corrected chi connectivity index (χ3v) is 6.28. The summed E-state index contributed by atoms with van der Waals surface area (Å²) in [6.45, 7) is 2.46. The van der Waals surface area contributed by atoms with Crippen molar-refractivity contribution in [1.82, 2.24) is 9.88 Å². The van der Waals surface area contributed by atoms with Crippen LogP contribution in [-0.2, 0) is 4.74 Å². The number of pyridine rings is 1. The normalized spacial score (nSPS) is 20.1. The van der Waals surface area contributed by atoms with E-state index >= 15 is 0 Å². The molecule has 2 fully saturated rings. The Morgan fingerprint density at radius 2 is 1.79 bits per heavy atom. The van der Waals surface area contributed by atoms with E-state index in [1.807, 2.05) is 6.07 Å². The molecule has 33 heavy (non-hydrogen) atoms. The SMILES string of the molecule is CNc1nc(N2CCCCCCC2)ccc1C(=N)C(=N)OC(=N)C1CCCN(CC(F)F)C1. The Labute approximate surface area is 194 Å². The van der Waals surface area contributed by atoms with Crippen molar-refractivity contribution in [2.75, 3.05) is 50.0 Å². The van der Waals surface area contributed by atoms with Crippen molar-refractivity contribution in [2.24, 2.45) is 5.92 Å². The lowest BCUT2D eigenvalue weighted by molar-refractivity contribution is 0.0709. The molecule has 0 saturated carbocycles. The highest BCUT2D eigenvalue weighted by atomic mass is 19.3. The van der Waals surface area contributed by atoms with E-state index in [-0.39, 0.29) is 24.1 Å². The standard InChI is InChI=1S/C23H35F2N7O/c1-29-23-17(9-10-19(30-23)32-12-5-3-2-4-6-13-32)20(26)22(28)33-21(27)16-8-7-11-31(14-16)15-18(24)25/h9-10,16,18,26-28H,2-8,11-15H2,1H3,(H,29,30). The van der Waals surface area contributed by atoms with E-state index in [9.17, 15) is 8.78 Å². The first-order valence-electron chi connectivity index (χ1n) is 11.8. The Bertz CT molecular complexity index is 840. The highest BCUT2D eigenvalue weighted by molar-refractivity contribution is 6.45. The summed E-state index contributed by atoms with van der Waals surface area (Å²) in [4.78, 5) is 8.57. The second kappa shape index (κ2) is 12.0. The van der Waals surface area contributed by atoms with Crippen LogP contribution in [-0.4, -0.2) is 73.6 Å². The molecule has 4 N–H and O–H groups in total. The number of hydrogen-bond donors (Lipinski definition) is 4. The van der Waals surface area contributed by atoms with Gasteiger partial charge in [0.05, 0.1) is 6.54 Å². The molecule has 0 aliphatic carbocycles. The smallest absolute Gasteiger partial charge is 0.251 e. The summed E-state index contributed by atoms with van der Waals surface area (Å²) in [7, 11) is 1.72. The Hall–Kier alpha value is -2.62. The number of alkyl halides is 2. The molecule has 0 amide bonds. The summed E-state index contributed by atoms with van der Waals surface area (Å²) in [6.07, 6.45) is 4.90. The van der Waals surface area contributed by atoms with Crippen LogP contribution in [0.2, 0.25) is 0 Å². The minimum atomic E-state index is -2.42. The van der Waals surface area contributed by atoms with E-state index in [0.717, 1.165) is 31.7 Å². The van der Waals surface area contributed by atoms with Crippen molar-refractivity contribution in [3.8, 4) is 0 Å². The number of ether oxygens (including phenoxy) is 1. The molecule has 8 nitrogen and oxygen atoms in total. The molecule has 0 aromatic carbocycles. The number of likely N-dealkylation sites (tertiary alicyclic amines) is 1. The first kappa shape index (κ1) is 25.0. The van der Waals surface area contributed by atoms with E-state index < -0.39 is 12.3 Å². The third-order valence-electron chi connectivity index (χ3n) is 6.28. The maximum Gasteiger partial charge on any atom is 0.251 e. The minimum absolute atomic E-state index is 0.153. The van der Waals surface area contributed by atoms with Gasteiger partial charge in [0.2, 0.25) is 5.90 Å². The van der Waals surface area contributed by atoms with Crippen LogP contribution in [0, 0.1) is 22.1 Å². The van der Waals surface area contributed by atoms with Gasteiger partial charge in [-0.2, -0.15) is 0 Å². The molecule has 10 heteroatoms. The van der Waals surface area contributed by atoms with Gasteiger partial charge >= 0.3 is 0 Å². The number of piperidine rings is 1. The molecule has 2 aliphatic heterocycles. The summed E-state index contributed by atoms with van der Waals surface area (Å²) in [5.41, 5.74) is 0.255. The summed E-state index contributed by atoms with van der Waals surface area (Å²) in [5.74, 6) is 0.379. The second-order valence-electron chi connectivity index (χ2n) is 8.73. The first-order valence-corrected chi connectivity index (χ1v) is 11.8. The van der Waals surface area contributed by atoms with Gasteiger partial charge in [0.15, 0.2) is 5.90 Å². The highest BCUT2D eigenvalue weighted by Crippen LogP contribution is 2.23. The molecular formula is C23H35F2N7O. The van der Waals surface area contributed by atoms with Crippen LogP contribution in [0.25, 0.3) is 0 Å². The van der Waals surface area contributed by atoms with Crippen LogP contribution in [0.5, 0.6) is 0 Å². The Kier molecular flexibility index (Phi) is 9.11. The van der Waals surface area contributed by atoms with E-state index in [1.165, 1.54) is 19.3 Å². The minimum Gasteiger partial charge on any atom is -0.423 e. The Morgan fingerprint density at radius 3 is 2.45 bits per heavy atom. The second-order valence-corrected chi connectivity index (χ2v) is 8.73. The van der Waals surface area contributed by atoms with Crippen molar-refractivity contribution < 1.29 is 13.5 Å². The van der Waals surface area contributed by atoms with Crippen LogP contribution < -0.4 is 10.2 Å². The average molecular weight is 464 g/mol. The lowest BCUT2D eigenvalue weighted by Crippen LogP contribution is -2.42. The van der Waals surface area contributed by atoms with Crippen LogP contribution in [0.1, 0.15) is 50.5 Å². The number of nitrogens with one attached hydrogen (secondary N) is 4. The van der Waals surface area contributed by atoms with Crippen molar-refractivity contribution in [3.63, 3.8) is 0 Å². The fourth-order valence-corrected chi connectivity index (χ4v) is 4.49. The molecule has 2 aliphatic rings.